The van der Waals surface area contributed by atoms with E-state index in [-0.39, 0.29) is 18.2 Å². The smallest absolute Gasteiger partial charge is 0.302 e. The number of azo groups is 1. The van der Waals surface area contributed by atoms with E-state index in [0.29, 0.717) is 22.3 Å². The van der Waals surface area contributed by atoms with Gasteiger partial charge in [0.25, 0.3) is 0 Å². The monoisotopic (exact) mass is 419 g/mol. The third-order valence-electron chi connectivity index (χ3n) is 4.12. The summed E-state index contributed by atoms with van der Waals surface area (Å²) in [5, 5.41) is 19.8. The molecule has 6 nitrogen and oxygen atoms in total. The van der Waals surface area contributed by atoms with E-state index in [9.17, 15) is 9.90 Å². The van der Waals surface area contributed by atoms with Crippen LogP contribution in [0, 0.1) is 6.92 Å². The number of benzene rings is 2. The summed E-state index contributed by atoms with van der Waals surface area (Å²) in [6.45, 7) is 4.26. The van der Waals surface area contributed by atoms with E-state index in [4.69, 9.17) is 27.9 Å². The van der Waals surface area contributed by atoms with E-state index in [1.807, 2.05) is 32.0 Å². The van der Waals surface area contributed by atoms with Gasteiger partial charge in [-0.1, -0.05) is 41.8 Å². The molecule has 0 aliphatic heterocycles. The van der Waals surface area contributed by atoms with Crippen molar-refractivity contribution in [3.05, 3.63) is 52.0 Å². The summed E-state index contributed by atoms with van der Waals surface area (Å²) in [6.07, 6.45) is 0.844. The zero-order valence-electron chi connectivity index (χ0n) is 15.4. The van der Waals surface area contributed by atoms with Crippen LogP contribution in [0.4, 0.5) is 5.69 Å². The standard InChI is InChI=1S/C20H19Cl2N3O3/c1-3-8-25-16-6-4-12(2)9-14(16)19(20(25)27)24-23-18(26)11-28-17-7-5-13(21)10-15(17)22/h4-7,9-10,27H,3,8,11H2,1-2H3. The van der Waals surface area contributed by atoms with E-state index in [0.717, 1.165) is 22.9 Å². The molecule has 3 rings (SSSR count). The average Bonchev–Trinajstić information content (AvgIpc) is 2.90. The zero-order valence-corrected chi connectivity index (χ0v) is 17.0. The first-order chi connectivity index (χ1) is 13.4. The predicted octanol–water partition coefficient (Wildman–Crippen LogP) is 6.06. The van der Waals surface area contributed by atoms with Crippen molar-refractivity contribution in [3.63, 3.8) is 0 Å². The molecule has 146 valence electrons. The Kier molecular flexibility index (Phi) is 6.21. The maximum Gasteiger partial charge on any atom is 0.302 e. The Balaban J connectivity index is 1.81. The number of carbonyl (C=O) groups is 1. The van der Waals surface area contributed by atoms with E-state index >= 15 is 0 Å². The van der Waals surface area contributed by atoms with Gasteiger partial charge in [-0.2, -0.15) is 0 Å². The molecule has 1 amide bonds. The Morgan fingerprint density at radius 1 is 1.21 bits per heavy atom. The fraction of sp³-hybridized carbons (Fsp3) is 0.250. The van der Waals surface area contributed by atoms with Crippen molar-refractivity contribution in [1.82, 2.24) is 4.57 Å². The predicted molar refractivity (Wildman–Crippen MR) is 110 cm³/mol. The molecule has 0 fully saturated rings. The quantitative estimate of drug-likeness (QED) is 0.493. The second kappa shape index (κ2) is 8.63. The first-order valence-corrected chi connectivity index (χ1v) is 9.50. The number of halogens is 2. The van der Waals surface area contributed by atoms with Crippen LogP contribution in [0.25, 0.3) is 10.9 Å². The topological polar surface area (TPSA) is 76.2 Å². The summed E-state index contributed by atoms with van der Waals surface area (Å²) in [5.74, 6) is -0.289. The number of fused-ring (bicyclic) bond motifs is 1. The summed E-state index contributed by atoms with van der Waals surface area (Å²) in [5.41, 5.74) is 2.13. The molecule has 1 heterocycles. The number of aromatic nitrogens is 1. The van der Waals surface area contributed by atoms with Crippen LogP contribution in [0.2, 0.25) is 10.0 Å². The lowest BCUT2D eigenvalue weighted by Gasteiger charge is -2.05. The van der Waals surface area contributed by atoms with Crippen LogP contribution in [0.3, 0.4) is 0 Å². The Labute approximate surface area is 172 Å². The van der Waals surface area contributed by atoms with E-state index in [1.165, 1.54) is 6.07 Å². The van der Waals surface area contributed by atoms with E-state index < -0.39 is 5.91 Å². The second-order valence-corrected chi connectivity index (χ2v) is 7.15. The molecular weight excluding hydrogens is 401 g/mol. The molecule has 2 aromatic carbocycles. The second-order valence-electron chi connectivity index (χ2n) is 6.30. The van der Waals surface area contributed by atoms with Gasteiger partial charge in [-0.05, 0) is 43.7 Å². The van der Waals surface area contributed by atoms with Gasteiger partial charge in [-0.25, -0.2) is 0 Å². The van der Waals surface area contributed by atoms with Gasteiger partial charge in [0, 0.05) is 17.0 Å². The number of amides is 1. The summed E-state index contributed by atoms with van der Waals surface area (Å²) >= 11 is 11.8. The number of nitrogens with zero attached hydrogens (tertiary/aromatic N) is 3. The van der Waals surface area contributed by atoms with Crippen molar-refractivity contribution >= 4 is 45.7 Å². The molecule has 8 heteroatoms. The lowest BCUT2D eigenvalue weighted by Crippen LogP contribution is -2.08. The molecule has 0 aliphatic rings. The molecule has 0 unspecified atom stereocenters. The molecule has 0 aliphatic carbocycles. The third kappa shape index (κ3) is 4.29. The van der Waals surface area contributed by atoms with Crippen molar-refractivity contribution < 1.29 is 14.6 Å². The highest BCUT2D eigenvalue weighted by Gasteiger charge is 2.17. The van der Waals surface area contributed by atoms with Crippen molar-refractivity contribution in [2.24, 2.45) is 10.2 Å². The highest BCUT2D eigenvalue weighted by molar-refractivity contribution is 6.35. The van der Waals surface area contributed by atoms with Gasteiger partial charge in [-0.15, -0.1) is 10.2 Å². The molecular formula is C20H19Cl2N3O3. The largest absolute Gasteiger partial charge is 0.493 e. The summed E-state index contributed by atoms with van der Waals surface area (Å²) in [4.78, 5) is 12.1. The number of aryl methyl sites for hydroxylation is 2. The lowest BCUT2D eigenvalue weighted by atomic mass is 10.1. The highest BCUT2D eigenvalue weighted by Crippen LogP contribution is 2.39. The van der Waals surface area contributed by atoms with E-state index in [1.54, 1.807) is 16.7 Å². The fourth-order valence-corrected chi connectivity index (χ4v) is 3.32. The normalized spacial score (nSPS) is 11.4. The molecule has 0 spiro atoms. The first kappa shape index (κ1) is 20.2. The van der Waals surface area contributed by atoms with Crippen molar-refractivity contribution in [2.45, 2.75) is 26.8 Å². The van der Waals surface area contributed by atoms with Crippen LogP contribution >= 0.6 is 23.2 Å². The van der Waals surface area contributed by atoms with Crippen molar-refractivity contribution in [2.75, 3.05) is 6.61 Å². The molecule has 1 aromatic heterocycles. The number of rotatable bonds is 6. The SMILES string of the molecule is CCCn1c(O)c(N=NC(=O)COc2ccc(Cl)cc2Cl)c2cc(C)ccc21. The van der Waals surface area contributed by atoms with Gasteiger partial charge in [0.05, 0.1) is 10.5 Å². The molecule has 0 saturated heterocycles. The number of hydrogen-bond acceptors (Lipinski definition) is 4. The summed E-state index contributed by atoms with van der Waals surface area (Å²) in [7, 11) is 0. The molecule has 0 saturated carbocycles. The van der Waals surface area contributed by atoms with Crippen LogP contribution in [0.15, 0.2) is 46.6 Å². The summed E-state index contributed by atoms with van der Waals surface area (Å²) in [6, 6.07) is 10.5. The minimum atomic E-state index is -0.602. The van der Waals surface area contributed by atoms with Gasteiger partial charge >= 0.3 is 5.91 Å². The van der Waals surface area contributed by atoms with Crippen LogP contribution in [-0.2, 0) is 11.3 Å². The highest BCUT2D eigenvalue weighted by atomic mass is 35.5. The number of ether oxygens (including phenoxy) is 1. The lowest BCUT2D eigenvalue weighted by molar-refractivity contribution is -0.120. The van der Waals surface area contributed by atoms with Crippen LogP contribution in [0.5, 0.6) is 11.6 Å². The molecule has 0 radical (unpaired) electrons. The maximum absolute atomic E-state index is 12.1. The molecule has 3 aromatic rings. The molecule has 1 N–H and O–H groups in total. The Bertz CT molecular complexity index is 1060. The zero-order chi connectivity index (χ0) is 20.3. The summed E-state index contributed by atoms with van der Waals surface area (Å²) < 4.78 is 7.12. The number of hydrogen-bond donors (Lipinski definition) is 1. The van der Waals surface area contributed by atoms with Gasteiger partial charge < -0.3 is 14.4 Å². The molecule has 0 bridgehead atoms. The van der Waals surface area contributed by atoms with Gasteiger partial charge in [-0.3, -0.25) is 4.79 Å². The molecule has 0 atom stereocenters. The van der Waals surface area contributed by atoms with Crippen molar-refractivity contribution in [3.8, 4) is 11.6 Å². The fourth-order valence-electron chi connectivity index (χ4n) is 2.85. The van der Waals surface area contributed by atoms with Crippen LogP contribution in [-0.4, -0.2) is 22.2 Å². The van der Waals surface area contributed by atoms with Gasteiger partial charge in [0.2, 0.25) is 5.88 Å². The van der Waals surface area contributed by atoms with Gasteiger partial charge in [0.15, 0.2) is 12.3 Å². The van der Waals surface area contributed by atoms with Crippen LogP contribution in [0.1, 0.15) is 18.9 Å². The minimum absolute atomic E-state index is 0.0133. The van der Waals surface area contributed by atoms with Crippen LogP contribution < -0.4 is 4.74 Å². The Hall–Kier alpha value is -2.57. The first-order valence-electron chi connectivity index (χ1n) is 8.75. The third-order valence-corrected chi connectivity index (χ3v) is 4.65. The number of carbonyl (C=O) groups excluding carboxylic acids is 1. The minimum Gasteiger partial charge on any atom is -0.493 e. The molecule has 28 heavy (non-hydrogen) atoms. The Morgan fingerprint density at radius 2 is 2.00 bits per heavy atom. The van der Waals surface area contributed by atoms with E-state index in [2.05, 4.69) is 10.2 Å². The Morgan fingerprint density at radius 3 is 2.71 bits per heavy atom. The van der Waals surface area contributed by atoms with Gasteiger partial charge in [0.1, 0.15) is 5.75 Å². The van der Waals surface area contributed by atoms with Crippen molar-refractivity contribution in [1.29, 1.82) is 0 Å². The number of aromatic hydroxyl groups is 1. The maximum atomic E-state index is 12.1. The average molecular weight is 420 g/mol.